The Labute approximate surface area is 89.0 Å². The van der Waals surface area contributed by atoms with Crippen molar-refractivity contribution in [1.29, 1.82) is 0 Å². The molecule has 0 saturated heterocycles. The zero-order chi connectivity index (χ0) is 11.5. The molecular formula is C11H17FO3. The van der Waals surface area contributed by atoms with Crippen LogP contribution in [-0.2, 0) is 14.3 Å². The Morgan fingerprint density at radius 1 is 1.60 bits per heavy atom. The van der Waals surface area contributed by atoms with Crippen LogP contribution in [0.25, 0.3) is 0 Å². The van der Waals surface area contributed by atoms with E-state index in [-0.39, 0.29) is 25.4 Å². The Hall–Kier alpha value is -0.930. The van der Waals surface area contributed by atoms with Crippen LogP contribution in [0.4, 0.5) is 4.39 Å². The van der Waals surface area contributed by atoms with Crippen molar-refractivity contribution in [2.75, 3.05) is 6.61 Å². The molecule has 0 N–H and O–H groups in total. The minimum absolute atomic E-state index is 0.0127. The van der Waals surface area contributed by atoms with Crippen molar-refractivity contribution < 1.29 is 18.7 Å². The zero-order valence-electron chi connectivity index (χ0n) is 9.22. The topological polar surface area (TPSA) is 43.4 Å². The molecule has 0 bridgehead atoms. The van der Waals surface area contributed by atoms with Gasteiger partial charge in [0.2, 0.25) is 0 Å². The van der Waals surface area contributed by atoms with Gasteiger partial charge in [-0.05, 0) is 19.3 Å². The molecule has 0 aromatic rings. The molecule has 0 spiro atoms. The molecule has 1 rings (SSSR count). The van der Waals surface area contributed by atoms with Crippen LogP contribution < -0.4 is 0 Å². The fourth-order valence-electron chi connectivity index (χ4n) is 1.94. The summed E-state index contributed by atoms with van der Waals surface area (Å²) >= 11 is 0. The van der Waals surface area contributed by atoms with E-state index in [1.807, 2.05) is 6.92 Å². The van der Waals surface area contributed by atoms with Gasteiger partial charge >= 0.3 is 5.97 Å². The predicted molar refractivity (Wildman–Crippen MR) is 53.1 cm³/mol. The summed E-state index contributed by atoms with van der Waals surface area (Å²) in [5.41, 5.74) is -2.38. The third kappa shape index (κ3) is 2.36. The average molecular weight is 216 g/mol. The van der Waals surface area contributed by atoms with E-state index >= 15 is 0 Å². The normalized spacial score (nSPS) is 31.4. The van der Waals surface area contributed by atoms with Crippen molar-refractivity contribution in [2.45, 2.75) is 45.2 Å². The summed E-state index contributed by atoms with van der Waals surface area (Å²) in [5.74, 6) is -1.52. The molecule has 0 aliphatic heterocycles. The summed E-state index contributed by atoms with van der Waals surface area (Å²) in [7, 11) is 0. The SMILES string of the molecule is CCOC(=O)C1(F)CC(CC)CCC1=O. The molecule has 0 aromatic carbocycles. The number of esters is 1. The Morgan fingerprint density at radius 3 is 2.80 bits per heavy atom. The molecule has 86 valence electrons. The number of carbonyl (C=O) groups excluding carboxylic acids is 2. The van der Waals surface area contributed by atoms with Crippen LogP contribution in [0.1, 0.15) is 39.5 Å². The predicted octanol–water partition coefficient (Wildman–Crippen LogP) is 2.04. The van der Waals surface area contributed by atoms with Crippen LogP contribution in [0.2, 0.25) is 0 Å². The van der Waals surface area contributed by atoms with Crippen molar-refractivity contribution in [3.63, 3.8) is 0 Å². The van der Waals surface area contributed by atoms with Gasteiger partial charge in [-0.25, -0.2) is 9.18 Å². The van der Waals surface area contributed by atoms with Crippen molar-refractivity contribution in [3.05, 3.63) is 0 Å². The molecule has 0 aromatic heterocycles. The lowest BCUT2D eigenvalue weighted by molar-refractivity contribution is -0.165. The molecule has 1 aliphatic rings. The van der Waals surface area contributed by atoms with Crippen molar-refractivity contribution in [3.8, 4) is 0 Å². The number of alkyl halides is 1. The molecule has 0 heterocycles. The molecule has 2 atom stereocenters. The number of rotatable bonds is 3. The average Bonchev–Trinajstić information content (AvgIpc) is 2.22. The van der Waals surface area contributed by atoms with Gasteiger partial charge in [-0.3, -0.25) is 4.79 Å². The third-order valence-corrected chi connectivity index (χ3v) is 2.97. The van der Waals surface area contributed by atoms with E-state index < -0.39 is 17.4 Å². The van der Waals surface area contributed by atoms with Crippen LogP contribution in [-0.4, -0.2) is 24.0 Å². The lowest BCUT2D eigenvalue weighted by Gasteiger charge is -2.30. The second-order valence-corrected chi connectivity index (χ2v) is 3.96. The Bertz CT molecular complexity index is 265. The Morgan fingerprint density at radius 2 is 2.27 bits per heavy atom. The minimum atomic E-state index is -2.38. The number of Topliss-reactive ketones (excluding diaryl/α,β-unsaturated/α-hetero) is 1. The molecule has 0 amide bonds. The van der Waals surface area contributed by atoms with Gasteiger partial charge in [0, 0.05) is 12.8 Å². The number of hydrogen-bond donors (Lipinski definition) is 0. The quantitative estimate of drug-likeness (QED) is 0.535. The first-order valence-electron chi connectivity index (χ1n) is 5.44. The number of ether oxygens (including phenoxy) is 1. The first-order chi connectivity index (χ1) is 7.04. The van der Waals surface area contributed by atoms with Gasteiger partial charge in [-0.1, -0.05) is 13.3 Å². The molecular weight excluding hydrogens is 199 g/mol. The molecule has 1 fully saturated rings. The second-order valence-electron chi connectivity index (χ2n) is 3.96. The minimum Gasteiger partial charge on any atom is -0.463 e. The molecule has 3 nitrogen and oxygen atoms in total. The van der Waals surface area contributed by atoms with E-state index in [1.165, 1.54) is 0 Å². The standard InChI is InChI=1S/C11H17FO3/c1-3-8-5-6-9(13)11(12,7-8)10(14)15-4-2/h8H,3-7H2,1-2H3. The van der Waals surface area contributed by atoms with Gasteiger partial charge in [0.25, 0.3) is 5.67 Å². The molecule has 15 heavy (non-hydrogen) atoms. The van der Waals surface area contributed by atoms with Gasteiger partial charge in [0.1, 0.15) is 0 Å². The van der Waals surface area contributed by atoms with Gasteiger partial charge in [-0.15, -0.1) is 0 Å². The summed E-state index contributed by atoms with van der Waals surface area (Å²) in [6, 6.07) is 0. The largest absolute Gasteiger partial charge is 0.463 e. The smallest absolute Gasteiger partial charge is 0.351 e. The van der Waals surface area contributed by atoms with E-state index in [2.05, 4.69) is 4.74 Å². The van der Waals surface area contributed by atoms with E-state index in [0.29, 0.717) is 6.42 Å². The monoisotopic (exact) mass is 216 g/mol. The summed E-state index contributed by atoms with van der Waals surface area (Å²) in [5, 5.41) is 0. The number of ketones is 1. The van der Waals surface area contributed by atoms with Crippen molar-refractivity contribution in [2.24, 2.45) is 5.92 Å². The zero-order valence-corrected chi connectivity index (χ0v) is 9.22. The number of hydrogen-bond acceptors (Lipinski definition) is 3. The molecule has 2 unspecified atom stereocenters. The fraction of sp³-hybridized carbons (Fsp3) is 0.818. The van der Waals surface area contributed by atoms with Crippen LogP contribution in [0, 0.1) is 5.92 Å². The van der Waals surface area contributed by atoms with Gasteiger partial charge in [-0.2, -0.15) is 0 Å². The van der Waals surface area contributed by atoms with Gasteiger partial charge in [0.05, 0.1) is 6.61 Å². The van der Waals surface area contributed by atoms with Crippen LogP contribution in [0.3, 0.4) is 0 Å². The fourth-order valence-corrected chi connectivity index (χ4v) is 1.94. The maximum atomic E-state index is 14.2. The summed E-state index contributed by atoms with van der Waals surface area (Å²) in [6.07, 6.45) is 1.60. The summed E-state index contributed by atoms with van der Waals surface area (Å²) < 4.78 is 18.8. The van der Waals surface area contributed by atoms with E-state index in [0.717, 1.165) is 6.42 Å². The lowest BCUT2D eigenvalue weighted by Crippen LogP contribution is -2.48. The highest BCUT2D eigenvalue weighted by Crippen LogP contribution is 2.35. The lowest BCUT2D eigenvalue weighted by atomic mass is 9.77. The molecule has 1 saturated carbocycles. The maximum absolute atomic E-state index is 14.2. The molecule has 1 aliphatic carbocycles. The van der Waals surface area contributed by atoms with Gasteiger partial charge < -0.3 is 4.74 Å². The first kappa shape index (κ1) is 12.1. The highest BCUT2D eigenvalue weighted by Gasteiger charge is 2.51. The maximum Gasteiger partial charge on any atom is 0.351 e. The number of halogens is 1. The van der Waals surface area contributed by atoms with Crippen molar-refractivity contribution >= 4 is 11.8 Å². The molecule has 0 radical (unpaired) electrons. The molecule has 4 heteroatoms. The summed E-state index contributed by atoms with van der Waals surface area (Å²) in [4.78, 5) is 22.8. The highest BCUT2D eigenvalue weighted by atomic mass is 19.1. The highest BCUT2D eigenvalue weighted by molar-refractivity contribution is 6.07. The summed E-state index contributed by atoms with van der Waals surface area (Å²) in [6.45, 7) is 3.65. The van der Waals surface area contributed by atoms with E-state index in [4.69, 9.17) is 0 Å². The van der Waals surface area contributed by atoms with E-state index in [9.17, 15) is 14.0 Å². The second kappa shape index (κ2) is 4.73. The van der Waals surface area contributed by atoms with Gasteiger partial charge in [0.15, 0.2) is 5.78 Å². The van der Waals surface area contributed by atoms with Crippen LogP contribution >= 0.6 is 0 Å². The first-order valence-corrected chi connectivity index (χ1v) is 5.44. The van der Waals surface area contributed by atoms with Crippen LogP contribution in [0.5, 0.6) is 0 Å². The Kier molecular flexibility index (Phi) is 3.83. The number of carbonyl (C=O) groups is 2. The van der Waals surface area contributed by atoms with Crippen LogP contribution in [0.15, 0.2) is 0 Å². The van der Waals surface area contributed by atoms with Crippen molar-refractivity contribution in [1.82, 2.24) is 0 Å². The Balaban J connectivity index is 2.78. The van der Waals surface area contributed by atoms with E-state index in [1.54, 1.807) is 6.92 Å². The third-order valence-electron chi connectivity index (χ3n) is 2.97.